The molecule has 6 heteroatoms. The number of hydrogen-bond acceptors (Lipinski definition) is 3. The van der Waals surface area contributed by atoms with Crippen LogP contribution in [0.1, 0.15) is 28.2 Å². The minimum Gasteiger partial charge on any atom is -0.338 e. The number of rotatable bonds is 4. The number of aryl methyl sites for hydroxylation is 1. The van der Waals surface area contributed by atoms with E-state index in [2.05, 4.69) is 10.4 Å². The first kappa shape index (κ1) is 17.0. The number of benzene rings is 1. The molecule has 1 N–H and O–H groups in total. The van der Waals surface area contributed by atoms with Crippen LogP contribution in [-0.4, -0.2) is 47.3 Å². The predicted molar refractivity (Wildman–Crippen MR) is 96.0 cm³/mol. The van der Waals surface area contributed by atoms with Gasteiger partial charge < -0.3 is 10.2 Å². The zero-order valence-electron chi connectivity index (χ0n) is 14.3. The maximum absolute atomic E-state index is 12.6. The first-order valence-electron chi connectivity index (χ1n) is 8.27. The van der Waals surface area contributed by atoms with Gasteiger partial charge >= 0.3 is 0 Å². The molecule has 24 heavy (non-hydrogen) atoms. The average molecular weight is 347 g/mol. The van der Waals surface area contributed by atoms with Crippen molar-refractivity contribution in [2.24, 2.45) is 5.92 Å². The van der Waals surface area contributed by atoms with Crippen molar-refractivity contribution < 1.29 is 4.79 Å². The highest BCUT2D eigenvalue weighted by Gasteiger charge is 2.26. The van der Waals surface area contributed by atoms with Gasteiger partial charge in [0.2, 0.25) is 0 Å². The Bertz CT molecular complexity index is 738. The molecule has 5 nitrogen and oxygen atoms in total. The molecule has 3 rings (SSSR count). The lowest BCUT2D eigenvalue weighted by molar-refractivity contribution is 0.0787. The molecule has 1 saturated heterocycles. The molecule has 2 heterocycles. The molecule has 0 aliphatic carbocycles. The van der Waals surface area contributed by atoms with E-state index in [1.807, 2.05) is 54.7 Å². The third-order valence-electron chi connectivity index (χ3n) is 4.63. The van der Waals surface area contributed by atoms with Crippen molar-refractivity contribution in [2.45, 2.75) is 20.3 Å². The number of amides is 1. The molecule has 1 amide bonds. The molecule has 128 valence electrons. The number of carbonyl (C=O) groups excluding carboxylic acids is 1. The van der Waals surface area contributed by atoms with Gasteiger partial charge in [0.15, 0.2) is 0 Å². The maximum Gasteiger partial charge on any atom is 0.253 e. The SMILES string of the molecule is CNC[C@H]1CCN(C(=O)c2ccc(-n3nc(C)c(Cl)c3C)cc2)C1. The second-order valence-corrected chi connectivity index (χ2v) is 6.78. The van der Waals surface area contributed by atoms with E-state index in [-0.39, 0.29) is 5.91 Å². The van der Waals surface area contributed by atoms with Crippen LogP contribution in [0.3, 0.4) is 0 Å². The number of likely N-dealkylation sites (tertiary alicyclic amines) is 1. The number of halogens is 1. The normalized spacial score (nSPS) is 17.5. The van der Waals surface area contributed by atoms with Crippen molar-refractivity contribution in [1.82, 2.24) is 20.0 Å². The van der Waals surface area contributed by atoms with Gasteiger partial charge in [-0.3, -0.25) is 4.79 Å². The molecule has 0 radical (unpaired) electrons. The first-order chi connectivity index (χ1) is 11.5. The molecule has 1 aliphatic rings. The Morgan fingerprint density at radius 3 is 2.62 bits per heavy atom. The van der Waals surface area contributed by atoms with Crippen molar-refractivity contribution in [3.05, 3.63) is 46.2 Å². The van der Waals surface area contributed by atoms with Crippen LogP contribution in [-0.2, 0) is 0 Å². The van der Waals surface area contributed by atoms with E-state index in [1.54, 1.807) is 0 Å². The number of aromatic nitrogens is 2. The number of nitrogens with zero attached hydrogens (tertiary/aromatic N) is 3. The van der Waals surface area contributed by atoms with E-state index >= 15 is 0 Å². The van der Waals surface area contributed by atoms with E-state index in [1.165, 1.54) is 0 Å². The smallest absolute Gasteiger partial charge is 0.253 e. The molecule has 0 spiro atoms. The average Bonchev–Trinajstić information content (AvgIpc) is 3.15. The second kappa shape index (κ2) is 6.95. The van der Waals surface area contributed by atoms with Gasteiger partial charge in [0.25, 0.3) is 5.91 Å². The second-order valence-electron chi connectivity index (χ2n) is 6.41. The Labute approximate surface area is 147 Å². The molecular weight excluding hydrogens is 324 g/mol. The van der Waals surface area contributed by atoms with E-state index < -0.39 is 0 Å². The van der Waals surface area contributed by atoms with Crippen LogP contribution in [0, 0.1) is 19.8 Å². The summed E-state index contributed by atoms with van der Waals surface area (Å²) >= 11 is 6.21. The molecule has 2 aromatic rings. The van der Waals surface area contributed by atoms with Crippen LogP contribution in [0.5, 0.6) is 0 Å². The number of nitrogens with one attached hydrogen (secondary N) is 1. The van der Waals surface area contributed by atoms with Gasteiger partial charge in [-0.2, -0.15) is 5.10 Å². The lowest BCUT2D eigenvalue weighted by Crippen LogP contribution is -2.30. The third kappa shape index (κ3) is 3.19. The van der Waals surface area contributed by atoms with E-state index in [0.29, 0.717) is 10.9 Å². The lowest BCUT2D eigenvalue weighted by Gasteiger charge is -2.17. The van der Waals surface area contributed by atoms with Crippen molar-refractivity contribution in [3.63, 3.8) is 0 Å². The van der Waals surface area contributed by atoms with Crippen molar-refractivity contribution in [3.8, 4) is 5.69 Å². The molecular formula is C18H23ClN4O. The Morgan fingerprint density at radius 2 is 2.04 bits per heavy atom. The highest BCUT2D eigenvalue weighted by atomic mass is 35.5. The fraction of sp³-hybridized carbons (Fsp3) is 0.444. The van der Waals surface area contributed by atoms with Gasteiger partial charge in [0.05, 0.1) is 22.1 Å². The van der Waals surface area contributed by atoms with Gasteiger partial charge in [-0.15, -0.1) is 0 Å². The van der Waals surface area contributed by atoms with Crippen LogP contribution >= 0.6 is 11.6 Å². The Hall–Kier alpha value is -1.85. The summed E-state index contributed by atoms with van der Waals surface area (Å²) in [5, 5.41) is 8.32. The lowest BCUT2D eigenvalue weighted by atomic mass is 10.1. The minimum absolute atomic E-state index is 0.103. The quantitative estimate of drug-likeness (QED) is 0.926. The molecule has 1 aromatic carbocycles. The van der Waals surface area contributed by atoms with Gasteiger partial charge in [0, 0.05) is 18.7 Å². The zero-order chi connectivity index (χ0) is 17.3. The summed E-state index contributed by atoms with van der Waals surface area (Å²) in [5.41, 5.74) is 3.34. The molecule has 1 atom stereocenters. The van der Waals surface area contributed by atoms with Crippen LogP contribution in [0.25, 0.3) is 5.69 Å². The van der Waals surface area contributed by atoms with E-state index in [0.717, 1.165) is 48.7 Å². The minimum atomic E-state index is 0.103. The Morgan fingerprint density at radius 1 is 1.33 bits per heavy atom. The van der Waals surface area contributed by atoms with Crippen LogP contribution in [0.4, 0.5) is 0 Å². The van der Waals surface area contributed by atoms with Crippen molar-refractivity contribution >= 4 is 17.5 Å². The van der Waals surface area contributed by atoms with Crippen LogP contribution in [0.15, 0.2) is 24.3 Å². The highest BCUT2D eigenvalue weighted by molar-refractivity contribution is 6.31. The van der Waals surface area contributed by atoms with Crippen LogP contribution < -0.4 is 5.32 Å². The van der Waals surface area contributed by atoms with Crippen LogP contribution in [0.2, 0.25) is 5.02 Å². The van der Waals surface area contributed by atoms with Gasteiger partial charge in [-0.1, -0.05) is 11.6 Å². The topological polar surface area (TPSA) is 50.2 Å². The molecule has 0 unspecified atom stereocenters. The summed E-state index contributed by atoms with van der Waals surface area (Å²) in [5.74, 6) is 0.654. The predicted octanol–water partition coefficient (Wildman–Crippen LogP) is 2.82. The number of hydrogen-bond donors (Lipinski definition) is 1. The maximum atomic E-state index is 12.6. The largest absolute Gasteiger partial charge is 0.338 e. The standard InChI is InChI=1S/C18H23ClN4O/c1-12-17(19)13(2)23(21-12)16-6-4-15(5-7-16)18(24)22-9-8-14(11-22)10-20-3/h4-7,14,20H,8-11H2,1-3H3/t14-/m1/s1. The Kier molecular flexibility index (Phi) is 4.92. The fourth-order valence-electron chi connectivity index (χ4n) is 3.28. The highest BCUT2D eigenvalue weighted by Crippen LogP contribution is 2.23. The molecule has 1 fully saturated rings. The van der Waals surface area contributed by atoms with E-state index in [4.69, 9.17) is 11.6 Å². The molecule has 1 aromatic heterocycles. The molecule has 1 aliphatic heterocycles. The Balaban J connectivity index is 1.75. The van der Waals surface area contributed by atoms with Gasteiger partial charge in [-0.05, 0) is 64.0 Å². The summed E-state index contributed by atoms with van der Waals surface area (Å²) in [7, 11) is 1.95. The first-order valence-corrected chi connectivity index (χ1v) is 8.65. The molecule has 0 bridgehead atoms. The summed E-state index contributed by atoms with van der Waals surface area (Å²) in [6, 6.07) is 7.58. The molecule has 0 saturated carbocycles. The monoisotopic (exact) mass is 346 g/mol. The summed E-state index contributed by atoms with van der Waals surface area (Å²) in [6.45, 7) is 6.45. The summed E-state index contributed by atoms with van der Waals surface area (Å²) < 4.78 is 1.81. The van der Waals surface area contributed by atoms with Gasteiger partial charge in [0.1, 0.15) is 0 Å². The number of carbonyl (C=O) groups is 1. The zero-order valence-corrected chi connectivity index (χ0v) is 15.1. The van der Waals surface area contributed by atoms with Crippen molar-refractivity contribution in [1.29, 1.82) is 0 Å². The van der Waals surface area contributed by atoms with Gasteiger partial charge in [-0.25, -0.2) is 4.68 Å². The fourth-order valence-corrected chi connectivity index (χ4v) is 3.39. The van der Waals surface area contributed by atoms with Crippen molar-refractivity contribution in [2.75, 3.05) is 26.7 Å². The summed E-state index contributed by atoms with van der Waals surface area (Å²) in [4.78, 5) is 14.6. The van der Waals surface area contributed by atoms with E-state index in [9.17, 15) is 4.79 Å². The third-order valence-corrected chi connectivity index (χ3v) is 5.17. The summed E-state index contributed by atoms with van der Waals surface area (Å²) in [6.07, 6.45) is 1.06.